The highest BCUT2D eigenvalue weighted by Gasteiger charge is 2.35. The lowest BCUT2D eigenvalue weighted by Crippen LogP contribution is -2.06. The van der Waals surface area contributed by atoms with Gasteiger partial charge in [-0.2, -0.15) is 13.2 Å². The summed E-state index contributed by atoms with van der Waals surface area (Å²) >= 11 is 0.412. The number of aromatic nitrogens is 1. The van der Waals surface area contributed by atoms with Gasteiger partial charge in [-0.25, -0.2) is 9.37 Å². The number of alkyl halides is 3. The van der Waals surface area contributed by atoms with Crippen LogP contribution >= 0.6 is 11.3 Å². The molecule has 0 bridgehead atoms. The van der Waals surface area contributed by atoms with Crippen LogP contribution in [0.15, 0.2) is 29.6 Å². The van der Waals surface area contributed by atoms with Crippen LogP contribution < -0.4 is 0 Å². The summed E-state index contributed by atoms with van der Waals surface area (Å²) in [4.78, 5) is 3.33. The summed E-state index contributed by atoms with van der Waals surface area (Å²) in [6.07, 6.45) is -5.82. The van der Waals surface area contributed by atoms with Crippen LogP contribution in [0.5, 0.6) is 0 Å². The molecule has 2 rings (SSSR count). The lowest BCUT2D eigenvalue weighted by molar-refractivity contribution is -0.137. The molecule has 1 unspecified atom stereocenters. The second-order valence-electron chi connectivity index (χ2n) is 3.53. The molecule has 96 valence electrons. The number of aliphatic hydroxyl groups is 1. The topological polar surface area (TPSA) is 33.1 Å². The van der Waals surface area contributed by atoms with Gasteiger partial charge in [0.25, 0.3) is 0 Å². The highest BCUT2D eigenvalue weighted by Crippen LogP contribution is 2.34. The summed E-state index contributed by atoms with van der Waals surface area (Å²) in [6, 6.07) is 4.84. The van der Waals surface area contributed by atoms with E-state index in [0.717, 1.165) is 17.5 Å². The number of benzene rings is 1. The first-order chi connectivity index (χ1) is 8.38. The molecule has 1 atom stereocenters. The quantitative estimate of drug-likeness (QED) is 0.854. The van der Waals surface area contributed by atoms with E-state index >= 15 is 0 Å². The van der Waals surface area contributed by atoms with Gasteiger partial charge >= 0.3 is 6.18 Å². The van der Waals surface area contributed by atoms with Crippen LogP contribution in [0.3, 0.4) is 0 Å². The Morgan fingerprint density at radius 2 is 1.78 bits per heavy atom. The first kappa shape index (κ1) is 13.0. The third kappa shape index (κ3) is 2.68. The third-order valence-corrected chi connectivity index (χ3v) is 3.14. The van der Waals surface area contributed by atoms with Gasteiger partial charge in [0, 0.05) is 5.38 Å². The van der Waals surface area contributed by atoms with Crippen LogP contribution in [0.2, 0.25) is 0 Å². The normalized spacial score (nSPS) is 13.6. The standard InChI is InChI=1S/C11H7F4NOS/c12-7-3-1-6(2-4-7)9(17)8-5-18-10(16-8)11(13,14)15/h1-5,9,17H. The molecule has 0 fully saturated rings. The van der Waals surface area contributed by atoms with Crippen molar-refractivity contribution in [3.05, 3.63) is 51.7 Å². The summed E-state index contributed by atoms with van der Waals surface area (Å²) in [6.45, 7) is 0. The maximum atomic E-state index is 12.7. The summed E-state index contributed by atoms with van der Waals surface area (Å²) in [5, 5.41) is 9.94. The Kier molecular flexibility index (Phi) is 3.36. The van der Waals surface area contributed by atoms with Gasteiger partial charge in [0.1, 0.15) is 11.9 Å². The highest BCUT2D eigenvalue weighted by atomic mass is 32.1. The van der Waals surface area contributed by atoms with Gasteiger partial charge in [0.2, 0.25) is 0 Å². The summed E-state index contributed by atoms with van der Waals surface area (Å²) in [5.74, 6) is -0.486. The average molecular weight is 277 g/mol. The summed E-state index contributed by atoms with van der Waals surface area (Å²) < 4.78 is 49.7. The van der Waals surface area contributed by atoms with E-state index in [-0.39, 0.29) is 11.3 Å². The summed E-state index contributed by atoms with van der Waals surface area (Å²) in [5.41, 5.74) is 0.189. The van der Waals surface area contributed by atoms with Crippen LogP contribution in [0, 0.1) is 5.82 Å². The predicted octanol–water partition coefficient (Wildman–Crippen LogP) is 3.38. The van der Waals surface area contributed by atoms with Gasteiger partial charge < -0.3 is 5.11 Å². The van der Waals surface area contributed by atoms with Gasteiger partial charge in [-0.3, -0.25) is 0 Å². The van der Waals surface area contributed by atoms with Crippen molar-refractivity contribution in [2.75, 3.05) is 0 Å². The van der Waals surface area contributed by atoms with Crippen molar-refractivity contribution in [2.24, 2.45) is 0 Å². The van der Waals surface area contributed by atoms with E-state index in [2.05, 4.69) is 4.98 Å². The average Bonchev–Trinajstić information content (AvgIpc) is 2.78. The molecule has 1 aromatic carbocycles. The molecule has 0 spiro atoms. The number of aliphatic hydroxyl groups excluding tert-OH is 1. The molecule has 7 heteroatoms. The maximum Gasteiger partial charge on any atom is 0.443 e. The summed E-state index contributed by atoms with van der Waals surface area (Å²) in [7, 11) is 0. The van der Waals surface area contributed by atoms with Gasteiger partial charge in [0.15, 0.2) is 5.01 Å². The van der Waals surface area contributed by atoms with Crippen molar-refractivity contribution < 1.29 is 22.7 Å². The molecular weight excluding hydrogens is 270 g/mol. The van der Waals surface area contributed by atoms with Crippen molar-refractivity contribution >= 4 is 11.3 Å². The third-order valence-electron chi connectivity index (χ3n) is 2.23. The Morgan fingerprint density at radius 1 is 1.17 bits per heavy atom. The molecule has 0 aliphatic rings. The number of hydrogen-bond donors (Lipinski definition) is 1. The first-order valence-corrected chi connectivity index (χ1v) is 5.72. The molecule has 0 saturated carbocycles. The van der Waals surface area contributed by atoms with E-state index in [0.29, 0.717) is 11.3 Å². The molecular formula is C11H7F4NOS. The second-order valence-corrected chi connectivity index (χ2v) is 4.39. The van der Waals surface area contributed by atoms with E-state index in [1.54, 1.807) is 0 Å². The zero-order chi connectivity index (χ0) is 13.3. The molecule has 1 aromatic heterocycles. The van der Waals surface area contributed by atoms with Crippen molar-refractivity contribution in [3.8, 4) is 0 Å². The minimum Gasteiger partial charge on any atom is -0.382 e. The zero-order valence-corrected chi connectivity index (χ0v) is 9.60. The molecule has 0 radical (unpaired) electrons. The van der Waals surface area contributed by atoms with Crippen molar-refractivity contribution in [1.29, 1.82) is 0 Å². The van der Waals surface area contributed by atoms with E-state index in [9.17, 15) is 22.7 Å². The molecule has 0 amide bonds. The van der Waals surface area contributed by atoms with Crippen molar-refractivity contribution in [3.63, 3.8) is 0 Å². The van der Waals surface area contributed by atoms with Gasteiger partial charge in [-0.15, -0.1) is 11.3 Å². The SMILES string of the molecule is OC(c1ccc(F)cc1)c1csc(C(F)(F)F)n1. The Labute approximate surface area is 104 Å². The van der Waals surface area contributed by atoms with E-state index in [1.807, 2.05) is 0 Å². The van der Waals surface area contributed by atoms with Gasteiger partial charge in [-0.1, -0.05) is 12.1 Å². The molecule has 2 nitrogen and oxygen atoms in total. The Bertz CT molecular complexity index is 535. The monoisotopic (exact) mass is 277 g/mol. The van der Waals surface area contributed by atoms with E-state index < -0.39 is 23.1 Å². The molecule has 0 saturated heterocycles. The Balaban J connectivity index is 2.26. The highest BCUT2D eigenvalue weighted by molar-refractivity contribution is 7.09. The molecule has 0 aliphatic carbocycles. The maximum absolute atomic E-state index is 12.7. The largest absolute Gasteiger partial charge is 0.443 e. The minimum atomic E-state index is -4.52. The molecule has 0 aliphatic heterocycles. The fourth-order valence-electron chi connectivity index (χ4n) is 1.36. The minimum absolute atomic E-state index is 0.0982. The zero-order valence-electron chi connectivity index (χ0n) is 8.78. The van der Waals surface area contributed by atoms with Crippen molar-refractivity contribution in [2.45, 2.75) is 12.3 Å². The van der Waals surface area contributed by atoms with Gasteiger partial charge in [0.05, 0.1) is 5.69 Å². The van der Waals surface area contributed by atoms with Crippen LogP contribution in [0.1, 0.15) is 22.4 Å². The smallest absolute Gasteiger partial charge is 0.382 e. The Hall–Kier alpha value is -1.47. The van der Waals surface area contributed by atoms with Crippen LogP contribution in [0.25, 0.3) is 0 Å². The van der Waals surface area contributed by atoms with Crippen LogP contribution in [-0.4, -0.2) is 10.1 Å². The number of thiazole rings is 1. The lowest BCUT2D eigenvalue weighted by Gasteiger charge is -2.08. The molecule has 1 N–H and O–H groups in total. The van der Waals surface area contributed by atoms with Crippen molar-refractivity contribution in [1.82, 2.24) is 4.98 Å². The van der Waals surface area contributed by atoms with Crippen LogP contribution in [-0.2, 0) is 6.18 Å². The van der Waals surface area contributed by atoms with Gasteiger partial charge in [-0.05, 0) is 17.7 Å². The fourth-order valence-corrected chi connectivity index (χ4v) is 2.06. The number of halogens is 4. The molecule has 2 aromatic rings. The fraction of sp³-hybridized carbons (Fsp3) is 0.182. The number of nitrogens with zero attached hydrogens (tertiary/aromatic N) is 1. The first-order valence-electron chi connectivity index (χ1n) is 4.84. The lowest BCUT2D eigenvalue weighted by atomic mass is 10.1. The number of hydrogen-bond acceptors (Lipinski definition) is 3. The van der Waals surface area contributed by atoms with Crippen LogP contribution in [0.4, 0.5) is 17.6 Å². The Morgan fingerprint density at radius 3 is 2.28 bits per heavy atom. The van der Waals surface area contributed by atoms with E-state index in [1.165, 1.54) is 12.1 Å². The predicted molar refractivity (Wildman–Crippen MR) is 57.6 cm³/mol. The molecule has 1 heterocycles. The number of rotatable bonds is 2. The second kappa shape index (κ2) is 4.66. The van der Waals surface area contributed by atoms with E-state index in [4.69, 9.17) is 0 Å². The molecule has 18 heavy (non-hydrogen) atoms.